The zero-order chi connectivity index (χ0) is 8.43. The Hall–Kier alpha value is -1.43. The van der Waals surface area contributed by atoms with Crippen molar-refractivity contribution in [3.8, 4) is 0 Å². The standard InChI is InChI=1S/C5H7N3O3/c1-7-5(8(10)11)2-4(3-9)6-7/h2,9H,3H2,1H3. The Balaban J connectivity index is 3.07. The molecule has 1 rings (SSSR count). The van der Waals surface area contributed by atoms with Gasteiger partial charge in [0.25, 0.3) is 0 Å². The molecular weight excluding hydrogens is 150 g/mol. The van der Waals surface area contributed by atoms with Crippen LogP contribution in [0.3, 0.4) is 0 Å². The van der Waals surface area contributed by atoms with Gasteiger partial charge in [-0.25, -0.2) is 0 Å². The Morgan fingerprint density at radius 2 is 2.55 bits per heavy atom. The van der Waals surface area contributed by atoms with Crippen LogP contribution >= 0.6 is 0 Å². The number of hydrogen-bond acceptors (Lipinski definition) is 4. The number of aliphatic hydroxyl groups excluding tert-OH is 1. The van der Waals surface area contributed by atoms with Crippen molar-refractivity contribution < 1.29 is 10.0 Å². The number of nitrogens with zero attached hydrogens (tertiary/aromatic N) is 3. The third kappa shape index (κ3) is 1.35. The highest BCUT2D eigenvalue weighted by Gasteiger charge is 2.13. The second-order valence-corrected chi connectivity index (χ2v) is 2.03. The van der Waals surface area contributed by atoms with E-state index in [1.54, 1.807) is 0 Å². The second-order valence-electron chi connectivity index (χ2n) is 2.03. The average Bonchev–Trinajstić information content (AvgIpc) is 2.30. The molecule has 0 aliphatic heterocycles. The third-order valence-electron chi connectivity index (χ3n) is 1.25. The molecule has 0 atom stereocenters. The van der Waals surface area contributed by atoms with E-state index in [0.29, 0.717) is 5.69 Å². The van der Waals surface area contributed by atoms with Gasteiger partial charge in [0.1, 0.15) is 12.7 Å². The molecule has 1 aromatic heterocycles. The van der Waals surface area contributed by atoms with Crippen molar-refractivity contribution in [2.24, 2.45) is 7.05 Å². The minimum atomic E-state index is -0.549. The van der Waals surface area contributed by atoms with Crippen molar-refractivity contribution >= 4 is 5.82 Å². The fourth-order valence-corrected chi connectivity index (χ4v) is 0.763. The minimum absolute atomic E-state index is 0.117. The lowest BCUT2D eigenvalue weighted by atomic mass is 10.4. The molecule has 11 heavy (non-hydrogen) atoms. The maximum absolute atomic E-state index is 10.2. The Morgan fingerprint density at radius 3 is 2.82 bits per heavy atom. The first-order valence-corrected chi connectivity index (χ1v) is 2.93. The van der Waals surface area contributed by atoms with E-state index in [-0.39, 0.29) is 12.4 Å². The Bertz CT molecular complexity index is 281. The van der Waals surface area contributed by atoms with Crippen molar-refractivity contribution in [3.63, 3.8) is 0 Å². The molecule has 0 aliphatic rings. The molecule has 60 valence electrons. The van der Waals surface area contributed by atoms with Gasteiger partial charge in [-0.2, -0.15) is 0 Å². The van der Waals surface area contributed by atoms with Crippen LogP contribution in [-0.2, 0) is 13.7 Å². The summed E-state index contributed by atoms with van der Waals surface area (Å²) in [5.74, 6) is -0.117. The van der Waals surface area contributed by atoms with Gasteiger partial charge in [0.05, 0.1) is 12.7 Å². The maximum Gasteiger partial charge on any atom is 0.344 e. The van der Waals surface area contributed by atoms with E-state index in [1.165, 1.54) is 13.1 Å². The van der Waals surface area contributed by atoms with E-state index in [4.69, 9.17) is 5.11 Å². The summed E-state index contributed by atoms with van der Waals surface area (Å²) in [6.45, 7) is -0.276. The summed E-state index contributed by atoms with van der Waals surface area (Å²) in [7, 11) is 1.46. The number of rotatable bonds is 2. The summed E-state index contributed by atoms with van der Waals surface area (Å²) >= 11 is 0. The van der Waals surface area contributed by atoms with E-state index >= 15 is 0 Å². The second kappa shape index (κ2) is 2.67. The molecule has 0 aromatic carbocycles. The highest BCUT2D eigenvalue weighted by Crippen LogP contribution is 2.10. The van der Waals surface area contributed by atoms with Crippen molar-refractivity contribution in [2.45, 2.75) is 6.61 Å². The summed E-state index contributed by atoms with van der Waals surface area (Å²) in [5.41, 5.74) is 0.305. The third-order valence-corrected chi connectivity index (χ3v) is 1.25. The molecule has 0 bridgehead atoms. The lowest BCUT2D eigenvalue weighted by Gasteiger charge is -1.89. The monoisotopic (exact) mass is 157 g/mol. The topological polar surface area (TPSA) is 81.2 Å². The highest BCUT2D eigenvalue weighted by molar-refractivity contribution is 5.21. The van der Waals surface area contributed by atoms with Crippen LogP contribution in [-0.4, -0.2) is 19.8 Å². The van der Waals surface area contributed by atoms with Crippen molar-refractivity contribution in [3.05, 3.63) is 21.9 Å². The van der Waals surface area contributed by atoms with Gasteiger partial charge in [-0.05, 0) is 4.92 Å². The highest BCUT2D eigenvalue weighted by atomic mass is 16.6. The Morgan fingerprint density at radius 1 is 1.91 bits per heavy atom. The van der Waals surface area contributed by atoms with Crippen LogP contribution in [0.2, 0.25) is 0 Å². The van der Waals surface area contributed by atoms with Crippen LogP contribution in [0.25, 0.3) is 0 Å². The lowest BCUT2D eigenvalue weighted by molar-refractivity contribution is -0.392. The van der Waals surface area contributed by atoms with Crippen LogP contribution in [0.15, 0.2) is 6.07 Å². The number of hydrogen-bond donors (Lipinski definition) is 1. The number of aryl methyl sites for hydroxylation is 1. The maximum atomic E-state index is 10.2. The normalized spacial score (nSPS) is 10.0. The smallest absolute Gasteiger partial charge is 0.344 e. The number of aromatic nitrogens is 2. The summed E-state index contributed by atoms with van der Waals surface area (Å²) in [5, 5.41) is 22.4. The van der Waals surface area contributed by atoms with Crippen LogP contribution < -0.4 is 0 Å². The lowest BCUT2D eigenvalue weighted by Crippen LogP contribution is -1.98. The first-order chi connectivity index (χ1) is 5.15. The molecule has 6 nitrogen and oxygen atoms in total. The van der Waals surface area contributed by atoms with Gasteiger partial charge in [-0.15, -0.1) is 4.68 Å². The van der Waals surface area contributed by atoms with Gasteiger partial charge < -0.3 is 15.2 Å². The van der Waals surface area contributed by atoms with E-state index in [1.807, 2.05) is 0 Å². The summed E-state index contributed by atoms with van der Waals surface area (Å²) in [6, 6.07) is 1.24. The van der Waals surface area contributed by atoms with Crippen molar-refractivity contribution in [2.75, 3.05) is 0 Å². The SMILES string of the molecule is Cn1nc(CO)cc1[N+](=O)[O-]. The van der Waals surface area contributed by atoms with E-state index in [0.717, 1.165) is 4.68 Å². The van der Waals surface area contributed by atoms with E-state index < -0.39 is 4.92 Å². The first kappa shape index (κ1) is 7.67. The molecule has 0 amide bonds. The predicted molar refractivity (Wildman–Crippen MR) is 35.8 cm³/mol. The minimum Gasteiger partial charge on any atom is -0.390 e. The zero-order valence-corrected chi connectivity index (χ0v) is 5.89. The van der Waals surface area contributed by atoms with Gasteiger partial charge in [-0.1, -0.05) is 5.10 Å². The first-order valence-electron chi connectivity index (χ1n) is 2.93. The molecule has 1 aromatic rings. The van der Waals surface area contributed by atoms with Gasteiger partial charge in [-0.3, -0.25) is 0 Å². The molecule has 1 N–H and O–H groups in total. The molecule has 6 heteroatoms. The predicted octanol–water partition coefficient (Wildman–Crippen LogP) is -0.179. The van der Waals surface area contributed by atoms with Gasteiger partial charge >= 0.3 is 5.82 Å². The number of aliphatic hydroxyl groups is 1. The molecule has 0 radical (unpaired) electrons. The summed E-state index contributed by atoms with van der Waals surface area (Å²) < 4.78 is 1.12. The quantitative estimate of drug-likeness (QED) is 0.477. The average molecular weight is 157 g/mol. The Kier molecular flexibility index (Phi) is 1.86. The zero-order valence-electron chi connectivity index (χ0n) is 5.89. The van der Waals surface area contributed by atoms with Gasteiger partial charge in [0, 0.05) is 0 Å². The van der Waals surface area contributed by atoms with Crippen LogP contribution in [0.1, 0.15) is 5.69 Å². The molecule has 0 saturated heterocycles. The van der Waals surface area contributed by atoms with Gasteiger partial charge in [0.15, 0.2) is 0 Å². The molecule has 1 heterocycles. The molecule has 0 spiro atoms. The fraction of sp³-hybridized carbons (Fsp3) is 0.400. The summed E-state index contributed by atoms with van der Waals surface area (Å²) in [6.07, 6.45) is 0. The van der Waals surface area contributed by atoms with Gasteiger partial charge in [0.2, 0.25) is 0 Å². The van der Waals surface area contributed by atoms with Crippen LogP contribution in [0, 0.1) is 10.1 Å². The molecule has 0 saturated carbocycles. The van der Waals surface area contributed by atoms with Crippen LogP contribution in [0.4, 0.5) is 5.82 Å². The molecule has 0 fully saturated rings. The van der Waals surface area contributed by atoms with Crippen molar-refractivity contribution in [1.29, 1.82) is 0 Å². The van der Waals surface area contributed by atoms with Crippen molar-refractivity contribution in [1.82, 2.24) is 9.78 Å². The molecular formula is C5H7N3O3. The fourth-order valence-electron chi connectivity index (χ4n) is 0.763. The van der Waals surface area contributed by atoms with Crippen LogP contribution in [0.5, 0.6) is 0 Å². The molecule has 0 aliphatic carbocycles. The largest absolute Gasteiger partial charge is 0.390 e. The van der Waals surface area contributed by atoms with E-state index in [2.05, 4.69) is 5.10 Å². The summed E-state index contributed by atoms with van der Waals surface area (Å²) in [4.78, 5) is 9.66. The van der Waals surface area contributed by atoms with E-state index in [9.17, 15) is 10.1 Å². The Labute approximate surface area is 62.2 Å². The number of nitro groups is 1. The molecule has 0 unspecified atom stereocenters.